The molecule has 0 bridgehead atoms. The van der Waals surface area contributed by atoms with Crippen LogP contribution in [0.4, 0.5) is 10.5 Å². The van der Waals surface area contributed by atoms with Gasteiger partial charge >= 0.3 is 6.03 Å². The van der Waals surface area contributed by atoms with Gasteiger partial charge in [0.15, 0.2) is 18.2 Å². The second kappa shape index (κ2) is 14.7. The van der Waals surface area contributed by atoms with Crippen molar-refractivity contribution >= 4 is 30.0 Å². The van der Waals surface area contributed by atoms with Crippen LogP contribution in [-0.2, 0) is 45.7 Å². The Morgan fingerprint density at radius 3 is 2.11 bits per heavy atom. The highest BCUT2D eigenvalue weighted by Crippen LogP contribution is 2.47. The Balaban J connectivity index is 1.28. The number of benzene rings is 4. The highest BCUT2D eigenvalue weighted by molar-refractivity contribution is 7.92. The normalized spacial score (nSPS) is 18.3. The molecule has 298 valence electrons. The minimum atomic E-state index is -3.87. The molecule has 11 heteroatoms. The summed E-state index contributed by atoms with van der Waals surface area (Å²) >= 11 is 0. The standard InChI is InChI=1S/C46H55N5O4SSi/c1-44(2,3)57(6,7)54-30-34-27-26-33-28-32-18-17-25-38(32)41(40(33)34)48-43(52)49-56(53,39-29-47-51-31-45(4,5)55-42(39)51)50-46(35-19-11-8-12-20-35,36-21-13-9-14-22-36)37-23-15-10-16-24-37/h8-16,19-24,28-29,34H,17-18,25-27,30-31H2,1-7H3,(H2,48,49,50,52,53)/t34-,56?/m1/s1. The van der Waals surface area contributed by atoms with Crippen molar-refractivity contribution in [2.24, 2.45) is 4.36 Å². The fourth-order valence-electron chi connectivity index (χ4n) is 8.54. The second-order valence-corrected chi connectivity index (χ2v) is 24.6. The summed E-state index contributed by atoms with van der Waals surface area (Å²) in [5.41, 5.74) is 6.33. The van der Waals surface area contributed by atoms with Crippen LogP contribution in [0.25, 0.3) is 0 Å². The Labute approximate surface area is 339 Å². The molecular formula is C46H55N5O4SSi. The predicted octanol–water partition coefficient (Wildman–Crippen LogP) is 10.2. The number of carbonyl (C=O) groups is 1. The molecule has 0 saturated heterocycles. The summed E-state index contributed by atoms with van der Waals surface area (Å²) in [6.45, 7) is 16.4. The average Bonchev–Trinajstić information content (AvgIpc) is 3.97. The van der Waals surface area contributed by atoms with E-state index in [1.807, 2.05) is 105 Å². The molecule has 1 aromatic heterocycles. The van der Waals surface area contributed by atoms with Crippen molar-refractivity contribution < 1.29 is 18.2 Å². The first kappa shape index (κ1) is 39.3. The lowest BCUT2D eigenvalue weighted by Crippen LogP contribution is -2.48. The van der Waals surface area contributed by atoms with E-state index in [4.69, 9.17) is 13.5 Å². The summed E-state index contributed by atoms with van der Waals surface area (Å²) < 4.78 is 39.6. The number of ether oxygens (including phenoxy) is 1. The smallest absolute Gasteiger partial charge is 0.354 e. The molecule has 5 aromatic rings. The van der Waals surface area contributed by atoms with Crippen LogP contribution >= 0.6 is 0 Å². The molecule has 0 saturated carbocycles. The van der Waals surface area contributed by atoms with Gasteiger partial charge in [0.1, 0.15) is 16.0 Å². The van der Waals surface area contributed by atoms with Crippen molar-refractivity contribution in [3.8, 4) is 5.88 Å². The zero-order valence-electron chi connectivity index (χ0n) is 34.2. The Kier molecular flexibility index (Phi) is 10.1. The number of aryl methyl sites for hydroxylation is 2. The molecule has 0 spiro atoms. The van der Waals surface area contributed by atoms with Crippen LogP contribution in [0.3, 0.4) is 0 Å². The molecule has 57 heavy (non-hydrogen) atoms. The zero-order chi connectivity index (χ0) is 40.2. The number of urea groups is 1. The zero-order valence-corrected chi connectivity index (χ0v) is 36.0. The van der Waals surface area contributed by atoms with Gasteiger partial charge in [-0.15, -0.1) is 4.36 Å². The number of hydrogen-bond donors (Lipinski definition) is 2. The van der Waals surface area contributed by atoms with Crippen LogP contribution in [0, 0.1) is 0 Å². The lowest BCUT2D eigenvalue weighted by Gasteiger charge is -2.37. The summed E-state index contributed by atoms with van der Waals surface area (Å²) in [6, 6.07) is 31.4. The lowest BCUT2D eigenvalue weighted by molar-refractivity contribution is 0.132. The molecule has 3 aliphatic rings. The van der Waals surface area contributed by atoms with E-state index in [-0.39, 0.29) is 15.9 Å². The maximum absolute atomic E-state index is 16.3. The van der Waals surface area contributed by atoms with Crippen molar-refractivity contribution in [2.75, 3.05) is 11.9 Å². The van der Waals surface area contributed by atoms with Crippen molar-refractivity contribution in [3.05, 3.63) is 142 Å². The lowest BCUT2D eigenvalue weighted by atomic mass is 9.78. The van der Waals surface area contributed by atoms with E-state index in [0.29, 0.717) is 19.0 Å². The van der Waals surface area contributed by atoms with E-state index in [9.17, 15) is 4.79 Å². The molecular weight excluding hydrogens is 747 g/mol. The van der Waals surface area contributed by atoms with E-state index in [1.165, 1.54) is 17.3 Å². The number of carbonyl (C=O) groups excluding carboxylic acids is 1. The number of anilines is 1. The molecule has 2 N–H and O–H groups in total. The minimum absolute atomic E-state index is 0.0804. The van der Waals surface area contributed by atoms with Gasteiger partial charge < -0.3 is 14.5 Å². The number of rotatable bonds is 10. The number of aromatic nitrogens is 2. The van der Waals surface area contributed by atoms with E-state index < -0.39 is 35.4 Å². The van der Waals surface area contributed by atoms with Crippen LogP contribution in [-0.4, -0.2) is 40.5 Å². The Morgan fingerprint density at radius 1 is 0.930 bits per heavy atom. The molecule has 2 heterocycles. The summed E-state index contributed by atoms with van der Waals surface area (Å²) in [4.78, 5) is 15.0. The third-order valence-electron chi connectivity index (χ3n) is 12.5. The molecule has 9 nitrogen and oxygen atoms in total. The van der Waals surface area contributed by atoms with Gasteiger partial charge in [-0.1, -0.05) is 118 Å². The monoisotopic (exact) mass is 801 g/mol. The molecule has 2 amide bonds. The molecule has 2 atom stereocenters. The van der Waals surface area contributed by atoms with E-state index in [0.717, 1.165) is 65.6 Å². The third-order valence-corrected chi connectivity index (χ3v) is 18.8. The van der Waals surface area contributed by atoms with Crippen molar-refractivity contribution in [1.82, 2.24) is 14.5 Å². The summed E-state index contributed by atoms with van der Waals surface area (Å²) in [5, 5.41) is 7.98. The number of amides is 2. The maximum Gasteiger partial charge on any atom is 0.354 e. The number of fused-ring (bicyclic) bond motifs is 3. The fourth-order valence-corrected chi connectivity index (χ4v) is 11.5. The first-order chi connectivity index (χ1) is 27.1. The van der Waals surface area contributed by atoms with E-state index in [1.54, 1.807) is 4.68 Å². The molecule has 1 aliphatic heterocycles. The van der Waals surface area contributed by atoms with Gasteiger partial charge in [-0.3, -0.25) is 0 Å². The SMILES string of the molecule is CC1(C)Cn2ncc(S(=O)(=NC(=O)Nc3c4c(cc5c3[C@@H](CO[Si](C)(C)C(C)(C)C)CC5)CCC4)NC(c3ccccc3)(c3ccccc3)c3ccccc3)c2O1. The fraction of sp³-hybridized carbons (Fsp3) is 0.391. The number of nitrogens with zero attached hydrogens (tertiary/aromatic N) is 3. The highest BCUT2D eigenvalue weighted by Gasteiger charge is 2.44. The van der Waals surface area contributed by atoms with Gasteiger partial charge in [-0.25, -0.2) is 18.4 Å². The van der Waals surface area contributed by atoms with Crippen LogP contribution in [0.1, 0.15) is 92.3 Å². The number of hydrogen-bond acceptors (Lipinski definition) is 5. The van der Waals surface area contributed by atoms with Gasteiger partial charge in [0.2, 0.25) is 5.88 Å². The van der Waals surface area contributed by atoms with Gasteiger partial charge in [-0.05, 0) is 103 Å². The quantitative estimate of drug-likeness (QED) is 0.108. The molecule has 0 fully saturated rings. The van der Waals surface area contributed by atoms with Crippen LogP contribution in [0.5, 0.6) is 5.88 Å². The van der Waals surface area contributed by atoms with E-state index in [2.05, 4.69) is 55.1 Å². The summed E-state index contributed by atoms with van der Waals surface area (Å²) in [7, 11) is -5.90. The Bertz CT molecular complexity index is 2320. The maximum atomic E-state index is 16.3. The number of nitrogens with one attached hydrogen (secondary N) is 2. The summed E-state index contributed by atoms with van der Waals surface area (Å²) in [5.74, 6) is 0.468. The van der Waals surface area contributed by atoms with Crippen LogP contribution < -0.4 is 14.8 Å². The van der Waals surface area contributed by atoms with Gasteiger partial charge in [-0.2, -0.15) is 5.10 Å². The summed E-state index contributed by atoms with van der Waals surface area (Å²) in [6.07, 6.45) is 6.26. The molecule has 4 aromatic carbocycles. The van der Waals surface area contributed by atoms with Gasteiger partial charge in [0.25, 0.3) is 0 Å². The van der Waals surface area contributed by atoms with Crippen molar-refractivity contribution in [3.63, 3.8) is 0 Å². The van der Waals surface area contributed by atoms with Crippen LogP contribution in [0.2, 0.25) is 18.1 Å². The topological polar surface area (TPSA) is 107 Å². The van der Waals surface area contributed by atoms with Crippen molar-refractivity contribution in [1.29, 1.82) is 0 Å². The van der Waals surface area contributed by atoms with Crippen molar-refractivity contribution in [2.45, 2.75) is 113 Å². The second-order valence-electron chi connectivity index (χ2n) is 18.0. The van der Waals surface area contributed by atoms with Gasteiger partial charge in [0.05, 0.1) is 12.7 Å². The van der Waals surface area contributed by atoms with Crippen LogP contribution in [0.15, 0.2) is 113 Å². The molecule has 1 unspecified atom stereocenters. The van der Waals surface area contributed by atoms with E-state index >= 15 is 4.21 Å². The minimum Gasteiger partial charge on any atom is -0.469 e. The largest absolute Gasteiger partial charge is 0.469 e. The predicted molar refractivity (Wildman–Crippen MR) is 230 cm³/mol. The molecule has 2 aliphatic carbocycles. The van der Waals surface area contributed by atoms with Gasteiger partial charge in [0, 0.05) is 18.2 Å². The molecule has 8 rings (SSSR count). The third kappa shape index (κ3) is 7.28. The first-order valence-electron chi connectivity index (χ1n) is 20.2. The Hall–Kier alpha value is -4.55. The first-order valence-corrected chi connectivity index (χ1v) is 24.6. The average molecular weight is 802 g/mol. The highest BCUT2D eigenvalue weighted by atomic mass is 32.2. The Morgan fingerprint density at radius 2 is 1.53 bits per heavy atom. The molecule has 0 radical (unpaired) electrons.